The lowest BCUT2D eigenvalue weighted by atomic mass is 9.93. The summed E-state index contributed by atoms with van der Waals surface area (Å²) < 4.78 is 0. The van der Waals surface area contributed by atoms with Gasteiger partial charge in [0.1, 0.15) is 0 Å². The van der Waals surface area contributed by atoms with E-state index in [2.05, 4.69) is 11.9 Å². The molecule has 0 saturated heterocycles. The first kappa shape index (κ1) is 7.62. The molecule has 1 fully saturated rings. The average Bonchev–Trinajstić information content (AvgIpc) is 2.27. The van der Waals surface area contributed by atoms with E-state index in [9.17, 15) is 5.11 Å². The summed E-state index contributed by atoms with van der Waals surface area (Å²) in [5, 5.41) is 11.2. The van der Waals surface area contributed by atoms with Gasteiger partial charge in [0.2, 0.25) is 0 Å². The van der Waals surface area contributed by atoms with Gasteiger partial charge in [0.05, 0.1) is 17.2 Å². The summed E-state index contributed by atoms with van der Waals surface area (Å²) in [4.78, 5) is 4.51. The van der Waals surface area contributed by atoms with Crippen molar-refractivity contribution in [2.45, 2.75) is 43.6 Å². The minimum atomic E-state index is -0.0650. The number of thioether (sulfide) groups is 1. The average molecular weight is 171 g/mol. The van der Waals surface area contributed by atoms with Crippen molar-refractivity contribution in [1.29, 1.82) is 0 Å². The minimum Gasteiger partial charge on any atom is -0.393 e. The van der Waals surface area contributed by atoms with E-state index in [1.165, 1.54) is 5.04 Å². The molecule has 1 aliphatic heterocycles. The van der Waals surface area contributed by atoms with E-state index in [-0.39, 0.29) is 6.10 Å². The Morgan fingerprint density at radius 3 is 3.18 bits per heavy atom. The molecule has 62 valence electrons. The summed E-state index contributed by atoms with van der Waals surface area (Å²) in [6, 6.07) is 0.517. The van der Waals surface area contributed by atoms with Gasteiger partial charge in [-0.1, -0.05) is 0 Å². The standard InChI is InChI=1S/C8H13NOS/c1-5-9-7-3-2-6(10)4-8(7)11-5/h6-8,10H,2-4H2,1H3. The molecule has 11 heavy (non-hydrogen) atoms. The van der Waals surface area contributed by atoms with Crippen molar-refractivity contribution >= 4 is 16.8 Å². The maximum atomic E-state index is 9.38. The Hall–Kier alpha value is -0.0200. The Morgan fingerprint density at radius 1 is 1.55 bits per heavy atom. The van der Waals surface area contributed by atoms with E-state index < -0.39 is 0 Å². The van der Waals surface area contributed by atoms with Gasteiger partial charge in [0.25, 0.3) is 0 Å². The fourth-order valence-electron chi connectivity index (χ4n) is 1.85. The molecule has 1 saturated carbocycles. The zero-order valence-electron chi connectivity index (χ0n) is 6.66. The molecule has 2 aliphatic rings. The second-order valence-electron chi connectivity index (χ2n) is 3.34. The molecule has 3 heteroatoms. The number of hydrogen-bond donors (Lipinski definition) is 1. The summed E-state index contributed by atoms with van der Waals surface area (Å²) in [6.45, 7) is 2.06. The number of hydrogen-bond acceptors (Lipinski definition) is 3. The van der Waals surface area contributed by atoms with Crippen molar-refractivity contribution < 1.29 is 5.11 Å². The van der Waals surface area contributed by atoms with Crippen LogP contribution in [0.15, 0.2) is 4.99 Å². The van der Waals surface area contributed by atoms with Crippen molar-refractivity contribution in [3.05, 3.63) is 0 Å². The van der Waals surface area contributed by atoms with Gasteiger partial charge in [-0.2, -0.15) is 0 Å². The molecule has 0 bridgehead atoms. The fraction of sp³-hybridized carbons (Fsp3) is 0.875. The Bertz CT molecular complexity index is 193. The first-order chi connectivity index (χ1) is 5.25. The molecule has 2 nitrogen and oxygen atoms in total. The molecule has 3 unspecified atom stereocenters. The van der Waals surface area contributed by atoms with Gasteiger partial charge in [-0.25, -0.2) is 0 Å². The van der Waals surface area contributed by atoms with Crippen molar-refractivity contribution in [1.82, 2.24) is 0 Å². The summed E-state index contributed by atoms with van der Waals surface area (Å²) in [5.74, 6) is 0. The van der Waals surface area contributed by atoms with E-state index >= 15 is 0 Å². The summed E-state index contributed by atoms with van der Waals surface area (Å²) in [6.07, 6.45) is 2.90. The molecule has 2 rings (SSSR count). The topological polar surface area (TPSA) is 32.6 Å². The summed E-state index contributed by atoms with van der Waals surface area (Å²) >= 11 is 1.84. The lowest BCUT2D eigenvalue weighted by molar-refractivity contribution is 0.127. The van der Waals surface area contributed by atoms with Crippen LogP contribution in [-0.4, -0.2) is 27.5 Å². The molecule has 0 radical (unpaired) electrons. The van der Waals surface area contributed by atoms with Crippen molar-refractivity contribution in [2.24, 2.45) is 4.99 Å². The largest absolute Gasteiger partial charge is 0.393 e. The van der Waals surface area contributed by atoms with Crippen LogP contribution in [0.5, 0.6) is 0 Å². The van der Waals surface area contributed by atoms with E-state index in [1.54, 1.807) is 0 Å². The zero-order valence-corrected chi connectivity index (χ0v) is 7.47. The Kier molecular flexibility index (Phi) is 1.93. The van der Waals surface area contributed by atoms with Crippen LogP contribution in [0.1, 0.15) is 26.2 Å². The molecule has 0 aromatic carbocycles. The van der Waals surface area contributed by atoms with Crippen LogP contribution in [-0.2, 0) is 0 Å². The summed E-state index contributed by atoms with van der Waals surface area (Å²) in [7, 11) is 0. The van der Waals surface area contributed by atoms with Crippen LogP contribution < -0.4 is 0 Å². The van der Waals surface area contributed by atoms with Gasteiger partial charge < -0.3 is 5.11 Å². The van der Waals surface area contributed by atoms with Gasteiger partial charge in [-0.15, -0.1) is 11.8 Å². The lowest BCUT2D eigenvalue weighted by Gasteiger charge is -2.26. The smallest absolute Gasteiger partial charge is 0.0652 e. The lowest BCUT2D eigenvalue weighted by Crippen LogP contribution is -2.30. The third kappa shape index (κ3) is 1.44. The van der Waals surface area contributed by atoms with Gasteiger partial charge in [0, 0.05) is 5.25 Å². The maximum absolute atomic E-state index is 9.38. The van der Waals surface area contributed by atoms with Gasteiger partial charge in [0.15, 0.2) is 0 Å². The molecule has 0 aromatic rings. The van der Waals surface area contributed by atoms with Crippen molar-refractivity contribution in [2.75, 3.05) is 0 Å². The monoisotopic (exact) mass is 171 g/mol. The first-order valence-corrected chi connectivity index (χ1v) is 5.03. The third-order valence-electron chi connectivity index (χ3n) is 2.40. The summed E-state index contributed by atoms with van der Waals surface area (Å²) in [5.41, 5.74) is 0. The molecular formula is C8H13NOS. The van der Waals surface area contributed by atoms with Crippen LogP contribution >= 0.6 is 11.8 Å². The molecule has 0 spiro atoms. The molecule has 0 aromatic heterocycles. The SMILES string of the molecule is CC1=NC2CCC(O)CC2S1. The number of aliphatic hydroxyl groups is 1. The highest BCUT2D eigenvalue weighted by Gasteiger charge is 2.33. The molecule has 3 atom stereocenters. The predicted octanol–water partition coefficient (Wildman–Crippen LogP) is 1.43. The van der Waals surface area contributed by atoms with Crippen LogP contribution in [0.3, 0.4) is 0 Å². The number of aliphatic imine (C=N–C) groups is 1. The second-order valence-corrected chi connectivity index (χ2v) is 4.77. The van der Waals surface area contributed by atoms with Gasteiger partial charge in [-0.05, 0) is 26.2 Å². The number of rotatable bonds is 0. The Balaban J connectivity index is 2.03. The highest BCUT2D eigenvalue weighted by molar-refractivity contribution is 8.14. The number of aliphatic hydroxyl groups excluding tert-OH is 1. The van der Waals surface area contributed by atoms with Crippen LogP contribution in [0.25, 0.3) is 0 Å². The predicted molar refractivity (Wildman–Crippen MR) is 48.1 cm³/mol. The molecule has 1 N–H and O–H groups in total. The molecular weight excluding hydrogens is 158 g/mol. The van der Waals surface area contributed by atoms with Gasteiger partial charge in [-0.3, -0.25) is 4.99 Å². The van der Waals surface area contributed by atoms with E-state index in [4.69, 9.17) is 0 Å². The maximum Gasteiger partial charge on any atom is 0.0652 e. The highest BCUT2D eigenvalue weighted by atomic mass is 32.2. The minimum absolute atomic E-state index is 0.0650. The van der Waals surface area contributed by atoms with Crippen molar-refractivity contribution in [3.8, 4) is 0 Å². The molecule has 1 aliphatic carbocycles. The van der Waals surface area contributed by atoms with Crippen LogP contribution in [0.2, 0.25) is 0 Å². The first-order valence-electron chi connectivity index (χ1n) is 4.15. The van der Waals surface area contributed by atoms with E-state index in [0.29, 0.717) is 11.3 Å². The normalized spacial score (nSPS) is 43.5. The van der Waals surface area contributed by atoms with E-state index in [0.717, 1.165) is 19.3 Å². The number of nitrogens with zero attached hydrogens (tertiary/aromatic N) is 1. The molecule has 1 heterocycles. The third-order valence-corrected chi connectivity index (χ3v) is 3.65. The van der Waals surface area contributed by atoms with E-state index in [1.807, 2.05) is 11.8 Å². The Morgan fingerprint density at radius 2 is 2.36 bits per heavy atom. The highest BCUT2D eigenvalue weighted by Crippen LogP contribution is 2.36. The second kappa shape index (κ2) is 2.79. The zero-order chi connectivity index (χ0) is 7.84. The van der Waals surface area contributed by atoms with Gasteiger partial charge >= 0.3 is 0 Å². The Labute approximate surface area is 71.1 Å². The molecule has 0 amide bonds. The quantitative estimate of drug-likeness (QED) is 0.598. The fourth-order valence-corrected chi connectivity index (χ4v) is 3.16. The van der Waals surface area contributed by atoms with Crippen molar-refractivity contribution in [3.63, 3.8) is 0 Å². The van der Waals surface area contributed by atoms with Crippen LogP contribution in [0, 0.1) is 0 Å². The van der Waals surface area contributed by atoms with Crippen LogP contribution in [0.4, 0.5) is 0 Å². The number of fused-ring (bicyclic) bond motifs is 1.